The number of rotatable bonds is 5. The smallest absolute Gasteiger partial charge is 0.303 e. The first kappa shape index (κ1) is 11.1. The minimum atomic E-state index is -0.883. The molecule has 0 saturated heterocycles. The van der Waals surface area contributed by atoms with Crippen molar-refractivity contribution in [3.8, 4) is 0 Å². The average molecular weight is 212 g/mol. The van der Waals surface area contributed by atoms with Crippen molar-refractivity contribution in [2.45, 2.75) is 12.8 Å². The van der Waals surface area contributed by atoms with E-state index in [0.717, 1.165) is 0 Å². The molecule has 0 unspecified atom stereocenters. The number of carboxylic acids is 1. The second kappa shape index (κ2) is 5.04. The van der Waals surface area contributed by atoms with E-state index in [2.05, 4.69) is 5.32 Å². The molecule has 0 bridgehead atoms. The number of nitrogens with two attached hydrogens (primary N) is 1. The van der Waals surface area contributed by atoms with Crippen LogP contribution >= 0.6 is 0 Å². The van der Waals surface area contributed by atoms with Gasteiger partial charge in [-0.25, -0.2) is 0 Å². The Bertz CT molecular complexity index is 359. The normalized spacial score (nSPS) is 9.87. The fraction of sp³-hybridized carbons (Fsp3) is 0.333. The summed E-state index contributed by atoms with van der Waals surface area (Å²) in [6, 6.07) is 2.94. The molecule has 1 rings (SSSR count). The molecule has 0 aliphatic rings. The van der Waals surface area contributed by atoms with Crippen molar-refractivity contribution >= 4 is 17.8 Å². The van der Waals surface area contributed by atoms with E-state index in [-0.39, 0.29) is 18.1 Å². The van der Waals surface area contributed by atoms with Crippen molar-refractivity contribution in [1.29, 1.82) is 0 Å². The zero-order chi connectivity index (χ0) is 11.3. The molecule has 4 N–H and O–H groups in total. The third kappa shape index (κ3) is 3.72. The van der Waals surface area contributed by atoms with Crippen molar-refractivity contribution < 1.29 is 19.1 Å². The lowest BCUT2D eigenvalue weighted by Crippen LogP contribution is -2.24. The Morgan fingerprint density at radius 1 is 1.47 bits per heavy atom. The molecule has 6 heteroatoms. The summed E-state index contributed by atoms with van der Waals surface area (Å²) in [5.41, 5.74) is 5.29. The first-order chi connectivity index (χ1) is 7.09. The number of carboxylic acid groups (broad SMARTS) is 1. The van der Waals surface area contributed by atoms with Gasteiger partial charge < -0.3 is 20.6 Å². The number of nitrogen functional groups attached to an aromatic ring is 1. The molecule has 0 atom stereocenters. The van der Waals surface area contributed by atoms with E-state index in [1.165, 1.54) is 12.1 Å². The van der Waals surface area contributed by atoms with Crippen molar-refractivity contribution in [1.82, 2.24) is 5.32 Å². The van der Waals surface area contributed by atoms with Crippen LogP contribution in [-0.4, -0.2) is 23.5 Å². The maximum atomic E-state index is 11.3. The number of carbonyl (C=O) groups excluding carboxylic acids is 1. The van der Waals surface area contributed by atoms with Crippen LogP contribution in [0.15, 0.2) is 16.5 Å². The summed E-state index contributed by atoms with van der Waals surface area (Å²) < 4.78 is 4.87. The Balaban J connectivity index is 2.28. The molecule has 0 spiro atoms. The SMILES string of the molecule is Nc1ccc(C(=O)NCCCC(=O)O)o1. The Morgan fingerprint density at radius 3 is 2.73 bits per heavy atom. The Morgan fingerprint density at radius 2 is 2.20 bits per heavy atom. The molecule has 0 radical (unpaired) electrons. The monoisotopic (exact) mass is 212 g/mol. The first-order valence-electron chi connectivity index (χ1n) is 4.45. The van der Waals surface area contributed by atoms with Gasteiger partial charge in [0.15, 0.2) is 11.6 Å². The van der Waals surface area contributed by atoms with Crippen molar-refractivity contribution in [2.24, 2.45) is 0 Å². The summed E-state index contributed by atoms with van der Waals surface area (Å²) in [5.74, 6) is -0.975. The van der Waals surface area contributed by atoms with E-state index in [1.807, 2.05) is 0 Å². The second-order valence-electron chi connectivity index (χ2n) is 2.96. The van der Waals surface area contributed by atoms with Gasteiger partial charge in [-0.3, -0.25) is 9.59 Å². The largest absolute Gasteiger partial charge is 0.481 e. The molecule has 0 fully saturated rings. The summed E-state index contributed by atoms with van der Waals surface area (Å²) in [5, 5.41) is 10.9. The molecule has 0 aromatic carbocycles. The van der Waals surface area contributed by atoms with E-state index in [1.54, 1.807) is 0 Å². The van der Waals surface area contributed by atoms with Gasteiger partial charge in [0.1, 0.15) is 0 Å². The maximum absolute atomic E-state index is 11.3. The molecule has 1 aromatic rings. The number of hydrogen-bond donors (Lipinski definition) is 3. The van der Waals surface area contributed by atoms with Crippen molar-refractivity contribution in [3.63, 3.8) is 0 Å². The van der Waals surface area contributed by atoms with Gasteiger partial charge in [-0.05, 0) is 12.5 Å². The zero-order valence-electron chi connectivity index (χ0n) is 8.03. The molecule has 1 heterocycles. The third-order valence-corrected chi connectivity index (χ3v) is 1.70. The molecule has 6 nitrogen and oxygen atoms in total. The van der Waals surface area contributed by atoms with Crippen LogP contribution in [0.1, 0.15) is 23.4 Å². The minimum Gasteiger partial charge on any atom is -0.481 e. The van der Waals surface area contributed by atoms with Crippen LogP contribution in [0.2, 0.25) is 0 Å². The molecule has 1 amide bonds. The van der Waals surface area contributed by atoms with E-state index < -0.39 is 11.9 Å². The lowest BCUT2D eigenvalue weighted by Gasteiger charge is -2.00. The minimum absolute atomic E-state index is 0.0283. The predicted molar refractivity (Wildman–Crippen MR) is 52.3 cm³/mol. The first-order valence-corrected chi connectivity index (χ1v) is 4.45. The van der Waals surface area contributed by atoms with Crippen LogP contribution in [0.25, 0.3) is 0 Å². The molecular weight excluding hydrogens is 200 g/mol. The fourth-order valence-corrected chi connectivity index (χ4v) is 1.00. The number of anilines is 1. The van der Waals surface area contributed by atoms with Crippen LogP contribution in [0.3, 0.4) is 0 Å². The lowest BCUT2D eigenvalue weighted by molar-refractivity contribution is -0.137. The van der Waals surface area contributed by atoms with Crippen LogP contribution in [0.5, 0.6) is 0 Å². The summed E-state index contributed by atoms with van der Waals surface area (Å²) in [7, 11) is 0. The van der Waals surface area contributed by atoms with Gasteiger partial charge >= 0.3 is 5.97 Å². The van der Waals surface area contributed by atoms with E-state index in [4.69, 9.17) is 15.3 Å². The molecular formula is C9H12N2O4. The summed E-state index contributed by atoms with van der Waals surface area (Å²) in [4.78, 5) is 21.5. The highest BCUT2D eigenvalue weighted by atomic mass is 16.4. The van der Waals surface area contributed by atoms with Gasteiger partial charge in [-0.15, -0.1) is 0 Å². The van der Waals surface area contributed by atoms with Crippen molar-refractivity contribution in [2.75, 3.05) is 12.3 Å². The van der Waals surface area contributed by atoms with Gasteiger partial charge in [0, 0.05) is 19.0 Å². The number of hydrogen-bond acceptors (Lipinski definition) is 4. The van der Waals surface area contributed by atoms with Gasteiger partial charge in [0.25, 0.3) is 5.91 Å². The zero-order valence-corrected chi connectivity index (χ0v) is 8.03. The van der Waals surface area contributed by atoms with E-state index in [9.17, 15) is 9.59 Å². The molecule has 0 aliphatic carbocycles. The third-order valence-electron chi connectivity index (χ3n) is 1.70. The highest BCUT2D eigenvalue weighted by Gasteiger charge is 2.09. The summed E-state index contributed by atoms with van der Waals surface area (Å²) in [6.45, 7) is 0.297. The van der Waals surface area contributed by atoms with Crippen LogP contribution in [-0.2, 0) is 4.79 Å². The summed E-state index contributed by atoms with van der Waals surface area (Å²) >= 11 is 0. The molecule has 1 aromatic heterocycles. The second-order valence-corrected chi connectivity index (χ2v) is 2.96. The lowest BCUT2D eigenvalue weighted by atomic mass is 10.3. The Kier molecular flexibility index (Phi) is 3.73. The Labute approximate surface area is 86.1 Å². The van der Waals surface area contributed by atoms with E-state index in [0.29, 0.717) is 13.0 Å². The van der Waals surface area contributed by atoms with Gasteiger partial charge in [0.2, 0.25) is 0 Å². The molecule has 0 aliphatic heterocycles. The van der Waals surface area contributed by atoms with Crippen LogP contribution in [0, 0.1) is 0 Å². The van der Waals surface area contributed by atoms with Gasteiger partial charge in [-0.1, -0.05) is 0 Å². The van der Waals surface area contributed by atoms with E-state index >= 15 is 0 Å². The fourth-order valence-electron chi connectivity index (χ4n) is 1.00. The number of carbonyl (C=O) groups is 2. The topological polar surface area (TPSA) is 106 Å². The summed E-state index contributed by atoms with van der Waals surface area (Å²) in [6.07, 6.45) is 0.415. The Hall–Kier alpha value is -1.98. The van der Waals surface area contributed by atoms with Gasteiger partial charge in [-0.2, -0.15) is 0 Å². The number of furan rings is 1. The highest BCUT2D eigenvalue weighted by Crippen LogP contribution is 2.08. The average Bonchev–Trinajstić information content (AvgIpc) is 2.59. The maximum Gasteiger partial charge on any atom is 0.303 e. The van der Waals surface area contributed by atoms with Crippen LogP contribution in [0.4, 0.5) is 5.88 Å². The molecule has 82 valence electrons. The number of nitrogens with one attached hydrogen (secondary N) is 1. The molecule has 0 saturated carbocycles. The predicted octanol–water partition coefficient (Wildman–Crippen LogP) is 0.456. The molecule has 15 heavy (non-hydrogen) atoms. The quantitative estimate of drug-likeness (QED) is 0.615. The van der Waals surface area contributed by atoms with Gasteiger partial charge in [0.05, 0.1) is 0 Å². The number of aliphatic carboxylic acids is 1. The van der Waals surface area contributed by atoms with Crippen LogP contribution < -0.4 is 11.1 Å². The standard InChI is InChI=1S/C9H12N2O4/c10-7-4-3-6(15-7)9(14)11-5-1-2-8(12)13/h3-4H,1-2,5,10H2,(H,11,14)(H,12,13). The highest BCUT2D eigenvalue weighted by molar-refractivity contribution is 5.91. The number of amides is 1. The van der Waals surface area contributed by atoms with Crippen molar-refractivity contribution in [3.05, 3.63) is 17.9 Å².